The smallest absolute Gasteiger partial charge is 0.303 e. The molecule has 0 amide bonds. The zero-order valence-electron chi connectivity index (χ0n) is 12.0. The van der Waals surface area contributed by atoms with Gasteiger partial charge < -0.3 is 4.74 Å². The summed E-state index contributed by atoms with van der Waals surface area (Å²) in [6, 6.07) is 0. The van der Waals surface area contributed by atoms with Crippen molar-refractivity contribution in [2.24, 2.45) is 23.2 Å². The minimum atomic E-state index is -0.227. The van der Waals surface area contributed by atoms with Crippen molar-refractivity contribution in [2.45, 2.75) is 71.3 Å². The van der Waals surface area contributed by atoms with Crippen LogP contribution in [-0.2, 0) is 9.53 Å². The van der Waals surface area contributed by atoms with Gasteiger partial charge in [-0.15, -0.1) is 0 Å². The molecule has 2 nitrogen and oxygen atoms in total. The lowest BCUT2D eigenvalue weighted by Gasteiger charge is -2.62. The minimum Gasteiger partial charge on any atom is -0.459 e. The van der Waals surface area contributed by atoms with Crippen LogP contribution in [0.5, 0.6) is 0 Å². The summed E-state index contributed by atoms with van der Waals surface area (Å²) >= 11 is 0. The number of hydrogen-bond acceptors (Lipinski definition) is 2. The number of ether oxygens (including phenoxy) is 1. The summed E-state index contributed by atoms with van der Waals surface area (Å²) in [6.07, 6.45) is 9.19. The number of hydrogen-bond donors (Lipinski definition) is 0. The van der Waals surface area contributed by atoms with E-state index in [1.807, 2.05) is 0 Å². The summed E-state index contributed by atoms with van der Waals surface area (Å²) in [4.78, 5) is 11.5. The zero-order chi connectivity index (χ0) is 13.0. The lowest BCUT2D eigenvalue weighted by atomic mass is 9.45. The lowest BCUT2D eigenvalue weighted by molar-refractivity contribution is -0.203. The van der Waals surface area contributed by atoms with Crippen molar-refractivity contribution in [3.05, 3.63) is 0 Å². The van der Waals surface area contributed by atoms with Crippen molar-refractivity contribution >= 4 is 5.97 Å². The molecule has 4 aliphatic carbocycles. The standard InChI is InChI=1S/C16H26O2/c1-4-15(3,18-11(2)17)16-8-12-5-13(9-16)7-14(6-12)10-16/h12-14H,4-10H2,1-3H3. The monoisotopic (exact) mass is 250 g/mol. The Kier molecular flexibility index (Phi) is 2.76. The van der Waals surface area contributed by atoms with E-state index < -0.39 is 0 Å². The number of carbonyl (C=O) groups is 1. The molecule has 2 heteroatoms. The molecule has 4 fully saturated rings. The fourth-order valence-corrected chi connectivity index (χ4v) is 5.63. The van der Waals surface area contributed by atoms with Crippen LogP contribution in [0.1, 0.15) is 65.7 Å². The first kappa shape index (κ1) is 12.5. The summed E-state index contributed by atoms with van der Waals surface area (Å²) in [5.74, 6) is 2.64. The molecule has 0 N–H and O–H groups in total. The van der Waals surface area contributed by atoms with E-state index in [9.17, 15) is 4.79 Å². The molecule has 0 aromatic heterocycles. The normalized spacial score (nSPS) is 44.7. The summed E-state index contributed by atoms with van der Waals surface area (Å²) < 4.78 is 5.83. The highest BCUT2D eigenvalue weighted by atomic mass is 16.6. The predicted octanol–water partition coefficient (Wildman–Crippen LogP) is 3.93. The maximum Gasteiger partial charge on any atom is 0.303 e. The minimum absolute atomic E-state index is 0.102. The second-order valence-electron chi connectivity index (χ2n) is 7.38. The molecule has 0 aromatic carbocycles. The van der Waals surface area contributed by atoms with Gasteiger partial charge in [-0.3, -0.25) is 4.79 Å². The number of rotatable bonds is 3. The van der Waals surface area contributed by atoms with Crippen molar-refractivity contribution in [1.29, 1.82) is 0 Å². The van der Waals surface area contributed by atoms with Gasteiger partial charge in [0.2, 0.25) is 0 Å². The second-order valence-corrected chi connectivity index (χ2v) is 7.38. The van der Waals surface area contributed by atoms with Crippen LogP contribution in [0.2, 0.25) is 0 Å². The average Bonchev–Trinajstić information content (AvgIpc) is 2.25. The van der Waals surface area contributed by atoms with E-state index in [4.69, 9.17) is 4.74 Å². The van der Waals surface area contributed by atoms with Crippen LogP contribution in [0.4, 0.5) is 0 Å². The van der Waals surface area contributed by atoms with Gasteiger partial charge in [0.25, 0.3) is 0 Å². The third-order valence-corrected chi connectivity index (χ3v) is 6.20. The van der Waals surface area contributed by atoms with E-state index in [1.54, 1.807) is 6.92 Å². The summed E-state index contributed by atoms with van der Waals surface area (Å²) in [5.41, 5.74) is 0.0665. The maximum absolute atomic E-state index is 11.5. The van der Waals surface area contributed by atoms with E-state index in [0.717, 1.165) is 24.2 Å². The van der Waals surface area contributed by atoms with Gasteiger partial charge in [0.1, 0.15) is 5.60 Å². The molecule has 1 atom stereocenters. The molecule has 102 valence electrons. The highest BCUT2D eigenvalue weighted by molar-refractivity contribution is 5.66. The van der Waals surface area contributed by atoms with Gasteiger partial charge in [0.05, 0.1) is 0 Å². The van der Waals surface area contributed by atoms with Crippen LogP contribution in [0.3, 0.4) is 0 Å². The third kappa shape index (κ3) is 1.71. The molecule has 0 spiro atoms. The molecule has 0 saturated heterocycles. The highest BCUT2D eigenvalue weighted by Crippen LogP contribution is 2.64. The van der Waals surface area contributed by atoms with Crippen LogP contribution >= 0.6 is 0 Å². The Morgan fingerprint density at radius 2 is 1.61 bits per heavy atom. The first-order valence-corrected chi connectivity index (χ1v) is 7.66. The molecule has 4 bridgehead atoms. The van der Waals surface area contributed by atoms with Crippen molar-refractivity contribution in [2.75, 3.05) is 0 Å². The largest absolute Gasteiger partial charge is 0.459 e. The van der Waals surface area contributed by atoms with Crippen LogP contribution in [0.25, 0.3) is 0 Å². The van der Waals surface area contributed by atoms with Gasteiger partial charge in [-0.1, -0.05) is 6.92 Å². The molecule has 4 aliphatic rings. The summed E-state index contributed by atoms with van der Waals surface area (Å²) in [5, 5.41) is 0. The van der Waals surface area contributed by atoms with E-state index >= 15 is 0 Å². The average molecular weight is 250 g/mol. The van der Waals surface area contributed by atoms with E-state index in [0.29, 0.717) is 5.41 Å². The van der Waals surface area contributed by atoms with Crippen LogP contribution < -0.4 is 0 Å². The fourth-order valence-electron chi connectivity index (χ4n) is 5.63. The van der Waals surface area contributed by atoms with E-state index in [2.05, 4.69) is 13.8 Å². The second kappa shape index (κ2) is 3.98. The van der Waals surface area contributed by atoms with Gasteiger partial charge in [-0.25, -0.2) is 0 Å². The van der Waals surface area contributed by atoms with Gasteiger partial charge >= 0.3 is 5.97 Å². The van der Waals surface area contributed by atoms with Crippen molar-refractivity contribution < 1.29 is 9.53 Å². The molecule has 0 heterocycles. The molecule has 0 aliphatic heterocycles. The zero-order valence-corrected chi connectivity index (χ0v) is 12.0. The topological polar surface area (TPSA) is 26.3 Å². The first-order chi connectivity index (χ1) is 8.46. The molecule has 18 heavy (non-hydrogen) atoms. The van der Waals surface area contributed by atoms with E-state index in [1.165, 1.54) is 38.5 Å². The Hall–Kier alpha value is -0.530. The molecular formula is C16H26O2. The Morgan fingerprint density at radius 1 is 1.17 bits per heavy atom. The predicted molar refractivity (Wildman–Crippen MR) is 71.1 cm³/mol. The van der Waals surface area contributed by atoms with Gasteiger partial charge in [-0.2, -0.15) is 0 Å². The van der Waals surface area contributed by atoms with Crippen molar-refractivity contribution in [3.8, 4) is 0 Å². The molecular weight excluding hydrogens is 224 g/mol. The maximum atomic E-state index is 11.5. The van der Waals surface area contributed by atoms with E-state index in [-0.39, 0.29) is 11.6 Å². The Morgan fingerprint density at radius 3 is 1.94 bits per heavy atom. The van der Waals surface area contributed by atoms with Crippen molar-refractivity contribution in [3.63, 3.8) is 0 Å². The van der Waals surface area contributed by atoms with Crippen LogP contribution in [0.15, 0.2) is 0 Å². The first-order valence-electron chi connectivity index (χ1n) is 7.66. The van der Waals surface area contributed by atoms with Gasteiger partial charge in [0, 0.05) is 12.3 Å². The number of carbonyl (C=O) groups excluding carboxylic acids is 1. The Balaban J connectivity index is 1.91. The van der Waals surface area contributed by atoms with Crippen molar-refractivity contribution in [1.82, 2.24) is 0 Å². The molecule has 1 unspecified atom stereocenters. The Bertz CT molecular complexity index is 325. The van der Waals surface area contributed by atoms with Crippen LogP contribution in [0, 0.1) is 23.2 Å². The fraction of sp³-hybridized carbons (Fsp3) is 0.938. The summed E-state index contributed by atoms with van der Waals surface area (Å²) in [6.45, 7) is 5.94. The SMILES string of the molecule is CCC(C)(OC(C)=O)C12CC3CC(CC(C3)C1)C2. The van der Waals surface area contributed by atoms with Gasteiger partial charge in [-0.05, 0) is 69.6 Å². The Labute approximate surface area is 110 Å². The van der Waals surface area contributed by atoms with Gasteiger partial charge in [0.15, 0.2) is 0 Å². The third-order valence-electron chi connectivity index (χ3n) is 6.20. The lowest BCUT2D eigenvalue weighted by Crippen LogP contribution is -2.58. The number of esters is 1. The summed E-state index contributed by atoms with van der Waals surface area (Å²) in [7, 11) is 0. The van der Waals surface area contributed by atoms with Crippen LogP contribution in [-0.4, -0.2) is 11.6 Å². The molecule has 0 radical (unpaired) electrons. The molecule has 4 saturated carbocycles. The highest BCUT2D eigenvalue weighted by Gasteiger charge is 2.59. The quantitative estimate of drug-likeness (QED) is 0.709. The molecule has 4 rings (SSSR count). The molecule has 0 aromatic rings.